The molecule has 0 aliphatic heterocycles. The zero-order chi connectivity index (χ0) is 10.1. The van der Waals surface area contributed by atoms with E-state index in [2.05, 4.69) is 53.5 Å². The Hall–Kier alpha value is -2.02. The number of benzene rings is 2. The quantitative estimate of drug-likeness (QED) is 0.606. The van der Waals surface area contributed by atoms with Gasteiger partial charge in [0, 0.05) is 16.6 Å². The lowest BCUT2D eigenvalue weighted by Crippen LogP contribution is -1.74. The lowest BCUT2D eigenvalue weighted by Gasteiger charge is -1.94. The second-order valence-corrected chi connectivity index (χ2v) is 3.64. The third kappa shape index (κ3) is 1.42. The molecule has 0 fully saturated rings. The molecule has 1 N–H and O–H groups in total. The maximum absolute atomic E-state index is 3.41. The Morgan fingerprint density at radius 1 is 0.733 bits per heavy atom. The Bertz CT molecular complexity index is 545. The number of aromatic nitrogens is 1. The number of H-pyrrole nitrogens is 1. The van der Waals surface area contributed by atoms with Crippen LogP contribution in [-0.2, 0) is 0 Å². The molecular formula is C14H11N. The summed E-state index contributed by atoms with van der Waals surface area (Å²) < 4.78 is 0. The van der Waals surface area contributed by atoms with Crippen LogP contribution in [0.25, 0.3) is 22.2 Å². The summed E-state index contributed by atoms with van der Waals surface area (Å²) in [4.78, 5) is 3.41. The minimum atomic E-state index is 1.18. The van der Waals surface area contributed by atoms with Gasteiger partial charge in [0.1, 0.15) is 0 Å². The summed E-state index contributed by atoms with van der Waals surface area (Å²) in [5, 5.41) is 1.26. The Morgan fingerprint density at radius 2 is 1.47 bits per heavy atom. The third-order valence-corrected chi connectivity index (χ3v) is 2.61. The first-order valence-corrected chi connectivity index (χ1v) is 5.07. The van der Waals surface area contributed by atoms with Crippen molar-refractivity contribution < 1.29 is 0 Å². The Balaban J connectivity index is 2.21. The minimum absolute atomic E-state index is 1.18. The van der Waals surface area contributed by atoms with E-state index in [1.165, 1.54) is 22.2 Å². The molecule has 15 heavy (non-hydrogen) atoms. The fraction of sp³-hybridized carbons (Fsp3) is 0. The van der Waals surface area contributed by atoms with Gasteiger partial charge in [-0.15, -0.1) is 0 Å². The van der Waals surface area contributed by atoms with Crippen molar-refractivity contribution in [2.45, 2.75) is 0 Å². The summed E-state index contributed by atoms with van der Waals surface area (Å²) in [6, 6.07) is 20.9. The van der Waals surface area contributed by atoms with Crippen LogP contribution >= 0.6 is 0 Å². The molecule has 0 atom stereocenters. The predicted molar refractivity (Wildman–Crippen MR) is 63.7 cm³/mol. The molecule has 0 bridgehead atoms. The van der Waals surface area contributed by atoms with E-state index in [1.54, 1.807) is 0 Å². The van der Waals surface area contributed by atoms with E-state index < -0.39 is 0 Å². The maximum Gasteiger partial charge on any atom is 0.0464 e. The summed E-state index contributed by atoms with van der Waals surface area (Å²) in [5.41, 5.74) is 3.60. The third-order valence-electron chi connectivity index (χ3n) is 2.61. The minimum Gasteiger partial charge on any atom is -0.355 e. The number of fused-ring (bicyclic) bond motifs is 1. The first-order chi connectivity index (χ1) is 7.43. The number of para-hydroxylation sites is 1. The molecule has 0 aliphatic carbocycles. The maximum atomic E-state index is 3.41. The van der Waals surface area contributed by atoms with Gasteiger partial charge < -0.3 is 4.98 Å². The number of rotatable bonds is 1. The van der Waals surface area contributed by atoms with Crippen molar-refractivity contribution in [3.05, 3.63) is 60.7 Å². The van der Waals surface area contributed by atoms with Gasteiger partial charge in [-0.3, -0.25) is 0 Å². The molecule has 0 saturated carbocycles. The van der Waals surface area contributed by atoms with Crippen LogP contribution in [0.3, 0.4) is 0 Å². The van der Waals surface area contributed by atoms with Gasteiger partial charge in [0.05, 0.1) is 0 Å². The SMILES string of the molecule is c1ccc(-c2[13cH]c3ccccc3[nH]2)cc1. The van der Waals surface area contributed by atoms with Crippen LogP contribution in [0.4, 0.5) is 0 Å². The van der Waals surface area contributed by atoms with Crippen molar-refractivity contribution in [1.29, 1.82) is 0 Å². The molecular weight excluding hydrogens is 183 g/mol. The van der Waals surface area contributed by atoms with Crippen LogP contribution in [0.5, 0.6) is 0 Å². The molecule has 1 nitrogen and oxygen atoms in total. The summed E-state index contributed by atoms with van der Waals surface area (Å²) in [6.45, 7) is 0. The average Bonchev–Trinajstić information content (AvgIpc) is 2.74. The van der Waals surface area contributed by atoms with Gasteiger partial charge >= 0.3 is 0 Å². The summed E-state index contributed by atoms with van der Waals surface area (Å²) in [6.07, 6.45) is 0. The van der Waals surface area contributed by atoms with Crippen LogP contribution in [0.1, 0.15) is 0 Å². The molecule has 0 saturated heterocycles. The average molecular weight is 194 g/mol. The van der Waals surface area contributed by atoms with Crippen LogP contribution in [0, 0.1) is 0 Å². The predicted octanol–water partition coefficient (Wildman–Crippen LogP) is 3.83. The van der Waals surface area contributed by atoms with E-state index in [1.807, 2.05) is 12.1 Å². The molecule has 72 valence electrons. The molecule has 2 aromatic carbocycles. The van der Waals surface area contributed by atoms with Crippen molar-refractivity contribution in [1.82, 2.24) is 4.98 Å². The van der Waals surface area contributed by atoms with E-state index in [4.69, 9.17) is 0 Å². The van der Waals surface area contributed by atoms with E-state index in [-0.39, 0.29) is 0 Å². The number of hydrogen-bond acceptors (Lipinski definition) is 0. The van der Waals surface area contributed by atoms with Crippen molar-refractivity contribution in [3.8, 4) is 11.3 Å². The molecule has 1 heterocycles. The Kier molecular flexibility index (Phi) is 1.82. The summed E-state index contributed by atoms with van der Waals surface area (Å²) in [5.74, 6) is 0. The zero-order valence-electron chi connectivity index (χ0n) is 8.27. The van der Waals surface area contributed by atoms with Gasteiger partial charge in [-0.1, -0.05) is 48.5 Å². The van der Waals surface area contributed by atoms with Gasteiger partial charge in [-0.25, -0.2) is 0 Å². The Labute approximate surface area is 88.4 Å². The first-order valence-electron chi connectivity index (χ1n) is 5.07. The Morgan fingerprint density at radius 3 is 2.27 bits per heavy atom. The van der Waals surface area contributed by atoms with Crippen LogP contribution in [0.15, 0.2) is 60.7 Å². The van der Waals surface area contributed by atoms with E-state index in [9.17, 15) is 0 Å². The van der Waals surface area contributed by atoms with Crippen molar-refractivity contribution >= 4 is 10.9 Å². The molecule has 0 aliphatic rings. The molecule has 0 amide bonds. The van der Waals surface area contributed by atoms with Crippen LogP contribution in [0.2, 0.25) is 0 Å². The number of aromatic amines is 1. The highest BCUT2D eigenvalue weighted by Gasteiger charge is 2.00. The number of nitrogens with one attached hydrogen (secondary N) is 1. The molecule has 0 radical (unpaired) electrons. The van der Waals surface area contributed by atoms with Crippen molar-refractivity contribution in [2.24, 2.45) is 0 Å². The van der Waals surface area contributed by atoms with Gasteiger partial charge in [0.2, 0.25) is 0 Å². The lowest BCUT2D eigenvalue weighted by atomic mass is 10.2. The highest BCUT2D eigenvalue weighted by molar-refractivity contribution is 5.85. The van der Waals surface area contributed by atoms with Crippen LogP contribution < -0.4 is 0 Å². The van der Waals surface area contributed by atoms with E-state index >= 15 is 0 Å². The smallest absolute Gasteiger partial charge is 0.0464 e. The monoisotopic (exact) mass is 194 g/mol. The van der Waals surface area contributed by atoms with E-state index in [0.29, 0.717) is 0 Å². The fourth-order valence-electron chi connectivity index (χ4n) is 1.85. The molecule has 1 heteroatoms. The second-order valence-electron chi connectivity index (χ2n) is 3.64. The zero-order valence-corrected chi connectivity index (χ0v) is 8.27. The molecule has 0 spiro atoms. The molecule has 3 rings (SSSR count). The van der Waals surface area contributed by atoms with Crippen molar-refractivity contribution in [2.75, 3.05) is 0 Å². The van der Waals surface area contributed by atoms with E-state index in [0.717, 1.165) is 0 Å². The first kappa shape index (κ1) is 8.30. The lowest BCUT2D eigenvalue weighted by molar-refractivity contribution is 1.45. The largest absolute Gasteiger partial charge is 0.355 e. The van der Waals surface area contributed by atoms with Gasteiger partial charge in [0.15, 0.2) is 0 Å². The van der Waals surface area contributed by atoms with Gasteiger partial charge in [-0.05, 0) is 17.7 Å². The summed E-state index contributed by atoms with van der Waals surface area (Å²) in [7, 11) is 0. The highest BCUT2D eigenvalue weighted by Crippen LogP contribution is 2.23. The van der Waals surface area contributed by atoms with Gasteiger partial charge in [0.25, 0.3) is 0 Å². The van der Waals surface area contributed by atoms with Gasteiger partial charge in [-0.2, -0.15) is 0 Å². The molecule has 1 aromatic heterocycles. The standard InChI is InChI=1S/C14H11N/c1-2-6-11(7-3-1)14-10-12-8-4-5-9-13(12)15-14/h1-10,15H/i10+1. The fourth-order valence-corrected chi connectivity index (χ4v) is 1.85. The highest BCUT2D eigenvalue weighted by atomic mass is 14.7. The summed E-state index contributed by atoms with van der Waals surface area (Å²) >= 11 is 0. The van der Waals surface area contributed by atoms with Crippen LogP contribution in [-0.4, -0.2) is 4.98 Å². The number of hydrogen-bond donors (Lipinski definition) is 1. The normalized spacial score (nSPS) is 10.7. The second kappa shape index (κ2) is 3.28. The molecule has 3 aromatic rings. The van der Waals surface area contributed by atoms with Crippen molar-refractivity contribution in [3.63, 3.8) is 0 Å². The molecule has 0 unspecified atom stereocenters. The topological polar surface area (TPSA) is 15.8 Å².